The highest BCUT2D eigenvalue weighted by Gasteiger charge is 2.23. The summed E-state index contributed by atoms with van der Waals surface area (Å²) < 4.78 is 32.0. The second kappa shape index (κ2) is 11.5. The Morgan fingerprint density at radius 1 is 1.07 bits per heavy atom. The van der Waals surface area contributed by atoms with Crippen LogP contribution in [0.5, 0.6) is 0 Å². The first-order valence-corrected chi connectivity index (χ1v) is 14.3. The van der Waals surface area contributed by atoms with Crippen molar-refractivity contribution in [1.29, 1.82) is 0 Å². The number of aromatic nitrogens is 3. The van der Waals surface area contributed by atoms with Crippen LogP contribution in [0, 0.1) is 6.92 Å². The molecule has 0 radical (unpaired) electrons. The van der Waals surface area contributed by atoms with E-state index in [9.17, 15) is 18.4 Å². The molecule has 1 unspecified atom stereocenters. The van der Waals surface area contributed by atoms with E-state index in [-0.39, 0.29) is 11.3 Å². The van der Waals surface area contributed by atoms with Crippen molar-refractivity contribution < 1.29 is 23.1 Å². The van der Waals surface area contributed by atoms with E-state index in [2.05, 4.69) is 4.98 Å². The lowest BCUT2D eigenvalue weighted by Gasteiger charge is -2.24. The first kappa shape index (κ1) is 27.4. The molecule has 2 aromatic carbocycles. The largest absolute Gasteiger partial charge is 0.755 e. The molecule has 11 heteroatoms. The third-order valence-corrected chi connectivity index (χ3v) is 8.07. The lowest BCUT2D eigenvalue weighted by atomic mass is 10.1. The van der Waals surface area contributed by atoms with Crippen molar-refractivity contribution in [2.75, 3.05) is 11.4 Å². The van der Waals surface area contributed by atoms with Crippen LogP contribution >= 0.6 is 11.3 Å². The molecule has 0 N–H and O–H groups in total. The van der Waals surface area contributed by atoms with Crippen molar-refractivity contribution in [2.45, 2.75) is 26.8 Å². The summed E-state index contributed by atoms with van der Waals surface area (Å²) in [5.41, 5.74) is 4.71. The van der Waals surface area contributed by atoms with Gasteiger partial charge < -0.3 is 13.9 Å². The minimum Gasteiger partial charge on any atom is -0.755 e. The van der Waals surface area contributed by atoms with Crippen molar-refractivity contribution in [3.63, 3.8) is 0 Å². The standard InChI is InChI=1S/C29H26N4O5S2/c1-4-24-31-25-18(2)16-22(29(35)38-3)30-27(25)32(24)17-19-10-12-20(13-11-19)26-23(14-15-39-26)33(40(36)37)28(34)21-8-6-5-7-9-21/h5-16H,4,17H2,1-3H3,(H,36,37)/p-1. The van der Waals surface area contributed by atoms with Crippen molar-refractivity contribution in [2.24, 2.45) is 0 Å². The van der Waals surface area contributed by atoms with Crippen LogP contribution in [-0.4, -0.2) is 42.3 Å². The van der Waals surface area contributed by atoms with Gasteiger partial charge in [-0.1, -0.05) is 49.4 Å². The Balaban J connectivity index is 1.47. The van der Waals surface area contributed by atoms with Gasteiger partial charge in [-0.15, -0.1) is 11.3 Å². The average Bonchev–Trinajstić information content (AvgIpc) is 3.58. The Hall–Kier alpha value is -4.19. The van der Waals surface area contributed by atoms with Crippen LogP contribution in [0.2, 0.25) is 0 Å². The van der Waals surface area contributed by atoms with Gasteiger partial charge in [-0.3, -0.25) is 9.00 Å². The Morgan fingerprint density at radius 2 is 1.80 bits per heavy atom. The molecule has 0 aliphatic rings. The first-order chi connectivity index (χ1) is 19.3. The van der Waals surface area contributed by atoms with Crippen LogP contribution < -0.4 is 4.31 Å². The third-order valence-electron chi connectivity index (χ3n) is 6.46. The zero-order valence-corrected chi connectivity index (χ0v) is 23.6. The zero-order chi connectivity index (χ0) is 28.4. The summed E-state index contributed by atoms with van der Waals surface area (Å²) in [6.45, 7) is 4.37. The van der Waals surface area contributed by atoms with E-state index < -0.39 is 23.1 Å². The molecule has 5 rings (SSSR count). The number of benzene rings is 2. The van der Waals surface area contributed by atoms with Gasteiger partial charge in [0.1, 0.15) is 11.3 Å². The van der Waals surface area contributed by atoms with Crippen LogP contribution in [0.1, 0.15) is 44.7 Å². The van der Waals surface area contributed by atoms with Crippen molar-refractivity contribution >= 4 is 51.3 Å². The summed E-state index contributed by atoms with van der Waals surface area (Å²) in [6, 6.07) is 19.3. The number of rotatable bonds is 8. The highest BCUT2D eigenvalue weighted by molar-refractivity contribution is 7.81. The maximum atomic E-state index is 13.1. The number of fused-ring (bicyclic) bond motifs is 1. The topological polar surface area (TPSA) is 117 Å². The third kappa shape index (κ3) is 5.18. The molecule has 0 aliphatic carbocycles. The molecule has 0 spiro atoms. The minimum absolute atomic E-state index is 0.224. The van der Waals surface area contributed by atoms with Gasteiger partial charge in [0, 0.05) is 12.0 Å². The number of amides is 1. The zero-order valence-electron chi connectivity index (χ0n) is 22.0. The van der Waals surface area contributed by atoms with Gasteiger partial charge in [0.15, 0.2) is 11.3 Å². The molecule has 1 amide bonds. The van der Waals surface area contributed by atoms with Crippen LogP contribution in [0.3, 0.4) is 0 Å². The molecular weight excluding hydrogens is 548 g/mol. The van der Waals surface area contributed by atoms with E-state index in [0.717, 1.165) is 32.3 Å². The molecule has 40 heavy (non-hydrogen) atoms. The van der Waals surface area contributed by atoms with Crippen molar-refractivity contribution in [1.82, 2.24) is 14.5 Å². The second-order valence-corrected chi connectivity index (χ2v) is 10.7. The number of hydrogen-bond donors (Lipinski definition) is 0. The first-order valence-electron chi connectivity index (χ1n) is 12.4. The number of anilines is 1. The van der Waals surface area contributed by atoms with E-state index >= 15 is 0 Å². The summed E-state index contributed by atoms with van der Waals surface area (Å²) in [5, 5.41) is 1.76. The maximum absolute atomic E-state index is 13.1. The van der Waals surface area contributed by atoms with Gasteiger partial charge in [-0.05, 0) is 53.3 Å². The number of aryl methyl sites for hydroxylation is 2. The van der Waals surface area contributed by atoms with E-state index in [4.69, 9.17) is 9.72 Å². The van der Waals surface area contributed by atoms with Crippen molar-refractivity contribution in [3.8, 4) is 10.4 Å². The molecule has 0 saturated carbocycles. The number of thiophene rings is 1. The van der Waals surface area contributed by atoms with Gasteiger partial charge in [-0.2, -0.15) is 0 Å². The predicted octanol–water partition coefficient (Wildman–Crippen LogP) is 5.31. The Morgan fingerprint density at radius 3 is 2.45 bits per heavy atom. The fourth-order valence-corrected chi connectivity index (χ4v) is 6.01. The summed E-state index contributed by atoms with van der Waals surface area (Å²) in [4.78, 5) is 35.2. The second-order valence-electron chi connectivity index (χ2n) is 8.97. The lowest BCUT2D eigenvalue weighted by Crippen LogP contribution is -2.32. The molecule has 0 aliphatic heterocycles. The lowest BCUT2D eigenvalue weighted by molar-refractivity contribution is 0.0594. The van der Waals surface area contributed by atoms with E-state index in [1.807, 2.05) is 42.7 Å². The SMILES string of the molecule is CCc1nc2c(C)cc(C(=O)OC)nc2n1Cc1ccc(-c2sccc2N(C(=O)c2ccccc2)S(=O)[O-])cc1. The highest BCUT2D eigenvalue weighted by Crippen LogP contribution is 2.37. The van der Waals surface area contributed by atoms with Crippen LogP contribution in [0.25, 0.3) is 21.6 Å². The van der Waals surface area contributed by atoms with Gasteiger partial charge >= 0.3 is 5.97 Å². The number of imidazole rings is 1. The van der Waals surface area contributed by atoms with Crippen molar-refractivity contribution in [3.05, 3.63) is 100 Å². The molecule has 3 heterocycles. The molecule has 9 nitrogen and oxygen atoms in total. The van der Waals surface area contributed by atoms with Gasteiger partial charge in [0.05, 0.1) is 35.5 Å². The predicted molar refractivity (Wildman–Crippen MR) is 154 cm³/mol. The number of esters is 1. The fraction of sp³-hybridized carbons (Fsp3) is 0.172. The summed E-state index contributed by atoms with van der Waals surface area (Å²) in [5.74, 6) is -0.297. The number of nitrogens with zero attached hydrogens (tertiary/aromatic N) is 4. The smallest absolute Gasteiger partial charge is 0.356 e. The van der Waals surface area contributed by atoms with Gasteiger partial charge in [0.25, 0.3) is 5.91 Å². The molecule has 0 saturated heterocycles. The highest BCUT2D eigenvalue weighted by atomic mass is 32.2. The number of hydrogen-bond acceptors (Lipinski definition) is 8. The average molecular weight is 574 g/mol. The van der Waals surface area contributed by atoms with Crippen LogP contribution in [0.15, 0.2) is 72.1 Å². The molecule has 3 aromatic heterocycles. The van der Waals surface area contributed by atoms with E-state index in [0.29, 0.717) is 29.2 Å². The number of ether oxygens (including phenoxy) is 1. The summed E-state index contributed by atoms with van der Waals surface area (Å²) >= 11 is -1.46. The van der Waals surface area contributed by atoms with E-state index in [1.165, 1.54) is 18.4 Å². The Bertz CT molecular complexity index is 1730. The number of carbonyl (C=O) groups is 2. The Kier molecular flexibility index (Phi) is 7.88. The minimum atomic E-state index is -2.81. The molecular formula is C29H25N4O5S2-. The quantitative estimate of drug-likeness (QED) is 0.182. The van der Waals surface area contributed by atoms with Crippen LogP contribution in [0.4, 0.5) is 5.69 Å². The molecule has 5 aromatic rings. The number of methoxy groups -OCH3 is 1. The Labute approximate surface area is 237 Å². The summed E-state index contributed by atoms with van der Waals surface area (Å²) in [6.07, 6.45) is 0.678. The summed E-state index contributed by atoms with van der Waals surface area (Å²) in [7, 11) is 1.32. The van der Waals surface area contributed by atoms with Gasteiger partial charge in [-0.25, -0.2) is 19.1 Å². The van der Waals surface area contributed by atoms with Gasteiger partial charge in [0.2, 0.25) is 0 Å². The fourth-order valence-electron chi connectivity index (χ4n) is 4.51. The number of pyridine rings is 1. The maximum Gasteiger partial charge on any atom is 0.356 e. The van der Waals surface area contributed by atoms with E-state index in [1.54, 1.807) is 47.8 Å². The normalized spacial score (nSPS) is 11.9. The molecule has 0 bridgehead atoms. The monoisotopic (exact) mass is 573 g/mol. The molecule has 0 fully saturated rings. The number of carbonyl (C=O) groups excluding carboxylic acids is 2. The molecule has 1 atom stereocenters. The van der Waals surface area contributed by atoms with Crippen LogP contribution in [-0.2, 0) is 29.0 Å². The molecule has 204 valence electrons.